The quantitative estimate of drug-likeness (QED) is 0.622. The minimum Gasteiger partial charge on any atom is -0.308 e. The first kappa shape index (κ1) is 19.0. The van der Waals surface area contributed by atoms with Gasteiger partial charge in [0, 0.05) is 10.4 Å². The molecule has 1 N–H and O–H groups in total. The number of halogens is 1. The summed E-state index contributed by atoms with van der Waals surface area (Å²) in [5.41, 5.74) is 0.132. The van der Waals surface area contributed by atoms with Crippen LogP contribution in [0.15, 0.2) is 11.4 Å². The first-order valence-electron chi connectivity index (χ1n) is 8.32. The number of hydrogen-bond donors (Lipinski definition) is 1. The summed E-state index contributed by atoms with van der Waals surface area (Å²) in [5, 5.41) is 6.81. The molecule has 1 heterocycles. The molecule has 0 aliphatic rings. The Morgan fingerprint density at radius 2 is 1.81 bits per heavy atom. The predicted molar refractivity (Wildman–Crippen MR) is 96.6 cm³/mol. The van der Waals surface area contributed by atoms with Crippen LogP contribution in [0.5, 0.6) is 0 Å². The van der Waals surface area contributed by atoms with Gasteiger partial charge < -0.3 is 5.32 Å². The lowest BCUT2D eigenvalue weighted by Crippen LogP contribution is -2.56. The average Bonchev–Trinajstić information content (AvgIpc) is 2.92. The Morgan fingerprint density at radius 3 is 2.19 bits per heavy atom. The number of likely N-dealkylation sites (N-methyl/N-ethyl adjacent to an activating group) is 1. The average molecular weight is 331 g/mol. The van der Waals surface area contributed by atoms with Crippen molar-refractivity contribution in [3.63, 3.8) is 0 Å². The molecule has 0 amide bonds. The van der Waals surface area contributed by atoms with Crippen molar-refractivity contribution in [1.29, 1.82) is 0 Å². The summed E-state index contributed by atoms with van der Waals surface area (Å²) in [6, 6.07) is 2.33. The zero-order valence-electron chi connectivity index (χ0n) is 14.2. The highest BCUT2D eigenvalue weighted by atomic mass is 35.5. The third-order valence-corrected chi connectivity index (χ3v) is 6.08. The molecular formula is C17H31ClN2S. The molecule has 1 rings (SSSR count). The summed E-state index contributed by atoms with van der Waals surface area (Å²) in [5.74, 6) is 0. The highest BCUT2D eigenvalue weighted by Crippen LogP contribution is 2.42. The Morgan fingerprint density at radius 1 is 1.19 bits per heavy atom. The lowest BCUT2D eigenvalue weighted by Gasteiger charge is -2.48. The van der Waals surface area contributed by atoms with E-state index in [-0.39, 0.29) is 5.54 Å². The van der Waals surface area contributed by atoms with Gasteiger partial charge in [0.2, 0.25) is 0 Å². The number of rotatable bonds is 10. The molecule has 4 heteroatoms. The van der Waals surface area contributed by atoms with Gasteiger partial charge >= 0.3 is 0 Å². The topological polar surface area (TPSA) is 15.3 Å². The van der Waals surface area contributed by atoms with E-state index in [4.69, 9.17) is 11.6 Å². The smallest absolute Gasteiger partial charge is 0.0616 e. The van der Waals surface area contributed by atoms with Crippen LogP contribution in [0.4, 0.5) is 0 Å². The van der Waals surface area contributed by atoms with Crippen LogP contribution in [0.3, 0.4) is 0 Å². The normalized spacial score (nSPS) is 13.9. The summed E-state index contributed by atoms with van der Waals surface area (Å²) in [6.45, 7) is 14.5. The van der Waals surface area contributed by atoms with E-state index in [0.717, 1.165) is 43.9 Å². The number of nitrogens with zero attached hydrogens (tertiary/aromatic N) is 1. The minimum absolute atomic E-state index is 0.132. The SMILES string of the molecule is CCCNC(c1sccc1Cl)C(CC)(CC)N(CC)CC. The van der Waals surface area contributed by atoms with Crippen molar-refractivity contribution in [2.45, 2.75) is 65.5 Å². The van der Waals surface area contributed by atoms with Crippen LogP contribution < -0.4 is 5.32 Å². The Bertz CT molecular complexity index is 397. The lowest BCUT2D eigenvalue weighted by molar-refractivity contribution is 0.0500. The van der Waals surface area contributed by atoms with Crippen molar-refractivity contribution in [3.05, 3.63) is 21.3 Å². The van der Waals surface area contributed by atoms with Crippen molar-refractivity contribution in [2.24, 2.45) is 0 Å². The fourth-order valence-electron chi connectivity index (χ4n) is 3.47. The molecule has 0 saturated carbocycles. The maximum atomic E-state index is 6.48. The molecule has 122 valence electrons. The number of nitrogens with one attached hydrogen (secondary N) is 1. The number of thiophene rings is 1. The minimum atomic E-state index is 0.132. The third kappa shape index (κ3) is 4.01. The van der Waals surface area contributed by atoms with Crippen molar-refractivity contribution in [3.8, 4) is 0 Å². The van der Waals surface area contributed by atoms with E-state index in [0.29, 0.717) is 6.04 Å². The summed E-state index contributed by atoms with van der Waals surface area (Å²) in [6.07, 6.45) is 3.39. The maximum Gasteiger partial charge on any atom is 0.0616 e. The van der Waals surface area contributed by atoms with Gasteiger partial charge in [0.15, 0.2) is 0 Å². The summed E-state index contributed by atoms with van der Waals surface area (Å²) >= 11 is 8.26. The van der Waals surface area contributed by atoms with Gasteiger partial charge in [-0.3, -0.25) is 4.90 Å². The summed E-state index contributed by atoms with van der Waals surface area (Å²) in [4.78, 5) is 3.90. The standard InChI is InChI=1S/C17H31ClN2S/c1-6-12-19-16(15-14(18)11-13-21-15)17(7-2,8-3)20(9-4)10-5/h11,13,16,19H,6-10,12H2,1-5H3. The van der Waals surface area contributed by atoms with Crippen LogP contribution in [0, 0.1) is 0 Å². The van der Waals surface area contributed by atoms with Gasteiger partial charge in [-0.1, -0.05) is 46.2 Å². The van der Waals surface area contributed by atoms with Crippen LogP contribution in [0.25, 0.3) is 0 Å². The highest BCUT2D eigenvalue weighted by molar-refractivity contribution is 7.10. The summed E-state index contributed by atoms with van der Waals surface area (Å²) in [7, 11) is 0. The lowest BCUT2D eigenvalue weighted by atomic mass is 9.81. The summed E-state index contributed by atoms with van der Waals surface area (Å²) < 4.78 is 0. The van der Waals surface area contributed by atoms with E-state index < -0.39 is 0 Å². The molecule has 1 aromatic heterocycles. The van der Waals surface area contributed by atoms with Crippen LogP contribution >= 0.6 is 22.9 Å². The van der Waals surface area contributed by atoms with E-state index >= 15 is 0 Å². The molecule has 1 atom stereocenters. The number of hydrogen-bond acceptors (Lipinski definition) is 3. The molecule has 0 aliphatic heterocycles. The molecule has 0 spiro atoms. The molecule has 1 unspecified atom stereocenters. The van der Waals surface area contributed by atoms with Gasteiger partial charge in [0.05, 0.1) is 11.1 Å². The molecule has 21 heavy (non-hydrogen) atoms. The second kappa shape index (κ2) is 9.14. The molecule has 0 fully saturated rings. The predicted octanol–water partition coefficient (Wildman–Crippen LogP) is 5.34. The van der Waals surface area contributed by atoms with Gasteiger partial charge in [-0.15, -0.1) is 11.3 Å². The van der Waals surface area contributed by atoms with Gasteiger partial charge in [0.1, 0.15) is 0 Å². The van der Waals surface area contributed by atoms with Gasteiger partial charge in [-0.2, -0.15) is 0 Å². The molecule has 0 saturated heterocycles. The van der Waals surface area contributed by atoms with E-state index in [9.17, 15) is 0 Å². The van der Waals surface area contributed by atoms with E-state index in [2.05, 4.69) is 50.2 Å². The largest absolute Gasteiger partial charge is 0.308 e. The van der Waals surface area contributed by atoms with Crippen LogP contribution in [-0.4, -0.2) is 30.1 Å². The highest BCUT2D eigenvalue weighted by Gasteiger charge is 2.41. The zero-order valence-corrected chi connectivity index (χ0v) is 15.8. The van der Waals surface area contributed by atoms with Gasteiger partial charge in [-0.25, -0.2) is 0 Å². The molecule has 1 aromatic rings. The molecular weight excluding hydrogens is 300 g/mol. The van der Waals surface area contributed by atoms with E-state index in [1.54, 1.807) is 11.3 Å². The van der Waals surface area contributed by atoms with E-state index in [1.165, 1.54) is 4.88 Å². The third-order valence-electron chi connectivity index (χ3n) is 4.66. The Hall–Kier alpha value is -0.0900. The Balaban J connectivity index is 3.26. The first-order chi connectivity index (χ1) is 10.1. The fraction of sp³-hybridized carbons (Fsp3) is 0.765. The van der Waals surface area contributed by atoms with Gasteiger partial charge in [-0.05, 0) is 50.3 Å². The van der Waals surface area contributed by atoms with Crippen molar-refractivity contribution < 1.29 is 0 Å². The van der Waals surface area contributed by atoms with Crippen LogP contribution in [0.2, 0.25) is 5.02 Å². The first-order valence-corrected chi connectivity index (χ1v) is 9.58. The zero-order chi connectivity index (χ0) is 15.9. The Kier molecular flexibility index (Phi) is 8.25. The van der Waals surface area contributed by atoms with E-state index in [1.807, 2.05) is 6.07 Å². The van der Waals surface area contributed by atoms with Gasteiger partial charge in [0.25, 0.3) is 0 Å². The second-order valence-electron chi connectivity index (χ2n) is 5.50. The molecule has 0 aliphatic carbocycles. The fourth-order valence-corrected chi connectivity index (χ4v) is 4.82. The molecule has 0 aromatic carbocycles. The molecule has 2 nitrogen and oxygen atoms in total. The molecule has 0 radical (unpaired) electrons. The van der Waals surface area contributed by atoms with Crippen molar-refractivity contribution in [2.75, 3.05) is 19.6 Å². The van der Waals surface area contributed by atoms with Crippen LogP contribution in [0.1, 0.15) is 64.8 Å². The monoisotopic (exact) mass is 330 g/mol. The van der Waals surface area contributed by atoms with Crippen molar-refractivity contribution in [1.82, 2.24) is 10.2 Å². The second-order valence-corrected chi connectivity index (χ2v) is 6.86. The van der Waals surface area contributed by atoms with Crippen LogP contribution in [-0.2, 0) is 0 Å². The molecule has 0 bridgehead atoms. The Labute approximate surface area is 139 Å². The van der Waals surface area contributed by atoms with Crippen molar-refractivity contribution >= 4 is 22.9 Å². The maximum absolute atomic E-state index is 6.48.